The number of nitrogens with zero attached hydrogens (tertiary/aromatic N) is 1. The molecule has 2 nitrogen and oxygen atoms in total. The molecule has 1 aliphatic carbocycles. The first-order chi connectivity index (χ1) is 7.91. The van der Waals surface area contributed by atoms with Crippen molar-refractivity contribution in [3.05, 3.63) is 34.9 Å². The molecule has 0 amide bonds. The van der Waals surface area contributed by atoms with Crippen LogP contribution in [0.3, 0.4) is 0 Å². The molecule has 1 fully saturated rings. The van der Waals surface area contributed by atoms with Crippen molar-refractivity contribution in [3.8, 4) is 6.07 Å². The third kappa shape index (κ3) is 1.50. The van der Waals surface area contributed by atoms with Crippen molar-refractivity contribution in [3.63, 3.8) is 0 Å². The second-order valence-corrected chi connectivity index (χ2v) is 3.93. The van der Waals surface area contributed by atoms with E-state index in [1.54, 1.807) is 6.07 Å². The van der Waals surface area contributed by atoms with E-state index >= 15 is 0 Å². The van der Waals surface area contributed by atoms with Gasteiger partial charge in [-0.25, -0.2) is 17.6 Å². The number of hydrogen-bond acceptors (Lipinski definition) is 2. The molecule has 0 N–H and O–H groups in total. The fourth-order valence-electron chi connectivity index (χ4n) is 1.93. The number of benzene rings is 1. The lowest BCUT2D eigenvalue weighted by molar-refractivity contribution is -0.126. The van der Waals surface area contributed by atoms with Crippen molar-refractivity contribution in [2.24, 2.45) is 0 Å². The molecule has 88 valence electrons. The molecule has 0 aliphatic heterocycles. The minimum atomic E-state index is -1.78. The van der Waals surface area contributed by atoms with E-state index in [-0.39, 0.29) is 11.8 Å². The molecular formula is C11H5F4NO. The van der Waals surface area contributed by atoms with Gasteiger partial charge in [-0.3, -0.25) is 4.79 Å². The topological polar surface area (TPSA) is 40.9 Å². The highest BCUT2D eigenvalue weighted by Crippen LogP contribution is 2.43. The maximum Gasteiger partial charge on any atom is 0.166 e. The Bertz CT molecular complexity index is 527. The van der Waals surface area contributed by atoms with E-state index in [0.29, 0.717) is 0 Å². The molecule has 0 saturated heterocycles. The molecule has 0 spiro atoms. The van der Waals surface area contributed by atoms with Crippen molar-refractivity contribution in [2.45, 2.75) is 18.3 Å². The Kier molecular flexibility index (Phi) is 2.42. The van der Waals surface area contributed by atoms with E-state index in [2.05, 4.69) is 0 Å². The molecule has 1 saturated carbocycles. The van der Waals surface area contributed by atoms with Gasteiger partial charge in [-0.05, 0) is 0 Å². The first-order valence-electron chi connectivity index (χ1n) is 4.68. The summed E-state index contributed by atoms with van der Waals surface area (Å²) in [4.78, 5) is 10.9. The van der Waals surface area contributed by atoms with Gasteiger partial charge in [0.1, 0.15) is 11.2 Å². The van der Waals surface area contributed by atoms with Crippen molar-refractivity contribution in [1.82, 2.24) is 0 Å². The summed E-state index contributed by atoms with van der Waals surface area (Å²) in [5.41, 5.74) is -2.77. The summed E-state index contributed by atoms with van der Waals surface area (Å²) in [6.07, 6.45) is -0.861. The average molecular weight is 243 g/mol. The Morgan fingerprint density at radius 3 is 1.94 bits per heavy atom. The van der Waals surface area contributed by atoms with Crippen LogP contribution in [0.15, 0.2) is 6.07 Å². The number of Topliss-reactive ketones (excluding diaryl/α,β-unsaturated/α-hetero) is 1. The standard InChI is InChI=1S/C11H5F4NO/c12-6-1-7(13)10(15)8(9(6)14)11(4-16)2-5(17)3-11/h1H,2-3H2. The monoisotopic (exact) mass is 243 g/mol. The predicted molar refractivity (Wildman–Crippen MR) is 47.8 cm³/mol. The second kappa shape index (κ2) is 3.55. The first-order valence-corrected chi connectivity index (χ1v) is 4.68. The lowest BCUT2D eigenvalue weighted by Crippen LogP contribution is -2.42. The van der Waals surface area contributed by atoms with Crippen molar-refractivity contribution in [1.29, 1.82) is 5.26 Å². The molecule has 0 unspecified atom stereocenters. The number of hydrogen-bond donors (Lipinski definition) is 0. The van der Waals surface area contributed by atoms with Crippen LogP contribution in [0.2, 0.25) is 0 Å². The maximum atomic E-state index is 13.4. The molecule has 1 aliphatic rings. The molecule has 6 heteroatoms. The number of halogens is 4. The van der Waals surface area contributed by atoms with Gasteiger partial charge in [-0.1, -0.05) is 0 Å². The summed E-state index contributed by atoms with van der Waals surface area (Å²) in [5, 5.41) is 8.86. The van der Waals surface area contributed by atoms with Crippen LogP contribution in [-0.2, 0) is 10.2 Å². The van der Waals surface area contributed by atoms with Gasteiger partial charge in [0.15, 0.2) is 23.3 Å². The lowest BCUT2D eigenvalue weighted by atomic mass is 9.64. The Balaban J connectivity index is 2.68. The van der Waals surface area contributed by atoms with Gasteiger partial charge in [-0.2, -0.15) is 5.26 Å². The molecule has 0 atom stereocenters. The van der Waals surface area contributed by atoms with Crippen LogP contribution < -0.4 is 0 Å². The van der Waals surface area contributed by atoms with Crippen LogP contribution in [0.4, 0.5) is 17.6 Å². The first kappa shape index (κ1) is 11.6. The SMILES string of the molecule is N#CC1(c2c(F)c(F)cc(F)c2F)CC(=O)C1. The molecule has 1 aromatic rings. The summed E-state index contributed by atoms with van der Waals surface area (Å²) in [5.74, 6) is -6.76. The van der Waals surface area contributed by atoms with Crippen molar-refractivity contribution < 1.29 is 22.4 Å². The van der Waals surface area contributed by atoms with Gasteiger partial charge in [0.2, 0.25) is 0 Å². The summed E-state index contributed by atoms with van der Waals surface area (Å²) in [6, 6.07) is 1.63. The fraction of sp³-hybridized carbons (Fsp3) is 0.273. The summed E-state index contributed by atoms with van der Waals surface area (Å²) in [7, 11) is 0. The van der Waals surface area contributed by atoms with Crippen LogP contribution in [0, 0.1) is 34.6 Å². The smallest absolute Gasteiger partial charge is 0.166 e. The highest BCUT2D eigenvalue weighted by molar-refractivity contribution is 5.90. The predicted octanol–water partition coefficient (Wildman–Crippen LogP) is 2.37. The molecule has 0 heterocycles. The number of ketones is 1. The molecule has 0 bridgehead atoms. The molecule has 0 radical (unpaired) electrons. The van der Waals surface area contributed by atoms with E-state index in [0.717, 1.165) is 0 Å². The zero-order valence-corrected chi connectivity index (χ0v) is 8.36. The van der Waals surface area contributed by atoms with E-state index < -0.39 is 47.1 Å². The zero-order valence-electron chi connectivity index (χ0n) is 8.36. The van der Waals surface area contributed by atoms with Crippen LogP contribution in [-0.4, -0.2) is 5.78 Å². The number of rotatable bonds is 1. The molecule has 1 aromatic carbocycles. The summed E-state index contributed by atoms with van der Waals surface area (Å²) in [6.45, 7) is 0. The van der Waals surface area contributed by atoms with E-state index in [1.807, 2.05) is 0 Å². The van der Waals surface area contributed by atoms with E-state index in [9.17, 15) is 22.4 Å². The third-order valence-electron chi connectivity index (χ3n) is 2.80. The Hall–Kier alpha value is -1.90. The molecule has 17 heavy (non-hydrogen) atoms. The van der Waals surface area contributed by atoms with Gasteiger partial charge < -0.3 is 0 Å². The molecule has 0 aromatic heterocycles. The Morgan fingerprint density at radius 2 is 1.59 bits per heavy atom. The highest BCUT2D eigenvalue weighted by atomic mass is 19.2. The van der Waals surface area contributed by atoms with Crippen LogP contribution in [0.5, 0.6) is 0 Å². The number of nitriles is 1. The summed E-state index contributed by atoms with van der Waals surface area (Å²) >= 11 is 0. The Labute approximate surface area is 93.5 Å². The summed E-state index contributed by atoms with van der Waals surface area (Å²) < 4.78 is 52.8. The third-order valence-corrected chi connectivity index (χ3v) is 2.80. The van der Waals surface area contributed by atoms with Gasteiger partial charge in [0.05, 0.1) is 11.6 Å². The average Bonchev–Trinajstić information content (AvgIpc) is 2.23. The van der Waals surface area contributed by atoms with Crippen LogP contribution in [0.1, 0.15) is 18.4 Å². The minimum Gasteiger partial charge on any atom is -0.300 e. The minimum absolute atomic E-state index is 0.0692. The normalized spacial score (nSPS) is 17.5. The van der Waals surface area contributed by atoms with Crippen molar-refractivity contribution in [2.75, 3.05) is 0 Å². The fourth-order valence-corrected chi connectivity index (χ4v) is 1.93. The maximum absolute atomic E-state index is 13.4. The largest absolute Gasteiger partial charge is 0.300 e. The van der Waals surface area contributed by atoms with Gasteiger partial charge in [-0.15, -0.1) is 0 Å². The van der Waals surface area contributed by atoms with E-state index in [1.165, 1.54) is 0 Å². The van der Waals surface area contributed by atoms with Crippen LogP contribution in [0.25, 0.3) is 0 Å². The van der Waals surface area contributed by atoms with Crippen molar-refractivity contribution >= 4 is 5.78 Å². The number of carbonyl (C=O) groups is 1. The molecule has 2 rings (SSSR count). The highest BCUT2D eigenvalue weighted by Gasteiger charge is 2.50. The van der Waals surface area contributed by atoms with Gasteiger partial charge >= 0.3 is 0 Å². The van der Waals surface area contributed by atoms with Gasteiger partial charge in [0.25, 0.3) is 0 Å². The van der Waals surface area contributed by atoms with Crippen LogP contribution >= 0.6 is 0 Å². The van der Waals surface area contributed by atoms with E-state index in [4.69, 9.17) is 5.26 Å². The Morgan fingerprint density at radius 1 is 1.12 bits per heavy atom. The quantitative estimate of drug-likeness (QED) is 0.561. The van der Waals surface area contributed by atoms with Gasteiger partial charge in [0, 0.05) is 18.9 Å². The number of carbonyl (C=O) groups excluding carboxylic acids is 1. The molecular weight excluding hydrogens is 238 g/mol. The zero-order chi connectivity index (χ0) is 12.8. The second-order valence-electron chi connectivity index (χ2n) is 3.93. The lowest BCUT2D eigenvalue weighted by Gasteiger charge is -2.34.